The van der Waals surface area contributed by atoms with Gasteiger partial charge in [-0.25, -0.2) is 0 Å². The van der Waals surface area contributed by atoms with Crippen LogP contribution in [0.4, 0.5) is 26.3 Å². The third-order valence-corrected chi connectivity index (χ3v) is 3.21. The van der Waals surface area contributed by atoms with Crippen molar-refractivity contribution in [3.63, 3.8) is 0 Å². The Labute approximate surface area is 127 Å². The topological polar surface area (TPSA) is 23.8 Å². The minimum atomic E-state index is -4.69. The maximum Gasteiger partial charge on any atom is 0.416 e. The maximum atomic E-state index is 13.0. The molecule has 1 nitrogen and oxygen atoms in total. The van der Waals surface area contributed by atoms with E-state index in [1.165, 1.54) is 12.1 Å². The van der Waals surface area contributed by atoms with Gasteiger partial charge in [-0.15, -0.1) is 0 Å². The van der Waals surface area contributed by atoms with Gasteiger partial charge in [0.05, 0.1) is 23.6 Å². The van der Waals surface area contributed by atoms with E-state index in [2.05, 4.69) is 0 Å². The molecule has 23 heavy (non-hydrogen) atoms. The Bertz CT molecular complexity index is 752. The van der Waals surface area contributed by atoms with Gasteiger partial charge in [0.1, 0.15) is 0 Å². The van der Waals surface area contributed by atoms with Crippen LogP contribution in [0.15, 0.2) is 42.5 Å². The smallest absolute Gasteiger partial charge is 0.198 e. The minimum absolute atomic E-state index is 0.00474. The van der Waals surface area contributed by atoms with Gasteiger partial charge in [-0.2, -0.15) is 31.6 Å². The van der Waals surface area contributed by atoms with Crippen LogP contribution in [0.5, 0.6) is 0 Å². The summed E-state index contributed by atoms with van der Waals surface area (Å²) in [5.74, 6) is 0. The Morgan fingerprint density at radius 3 is 2.04 bits per heavy atom. The Kier molecular flexibility index (Phi) is 4.37. The highest BCUT2D eigenvalue weighted by molar-refractivity contribution is 5.66. The molecule has 0 amide bonds. The number of hydrogen-bond acceptors (Lipinski definition) is 1. The number of hydrogen-bond donors (Lipinski definition) is 0. The lowest BCUT2D eigenvalue weighted by Gasteiger charge is -2.14. The number of nitrogens with zero attached hydrogens (tertiary/aromatic N) is 1. The number of alkyl halides is 6. The molecular formula is C16H9F6N. The van der Waals surface area contributed by atoms with Crippen LogP contribution in [0.25, 0.3) is 11.1 Å². The highest BCUT2D eigenvalue weighted by atomic mass is 19.4. The molecule has 0 spiro atoms. The van der Waals surface area contributed by atoms with Crippen molar-refractivity contribution in [2.75, 3.05) is 0 Å². The lowest BCUT2D eigenvalue weighted by atomic mass is 9.96. The Hall–Kier alpha value is -2.49. The van der Waals surface area contributed by atoms with Gasteiger partial charge in [0.2, 0.25) is 0 Å². The monoisotopic (exact) mass is 329 g/mol. The van der Waals surface area contributed by atoms with Crippen LogP contribution in [-0.4, -0.2) is 0 Å². The fraction of sp³-hybridized carbons (Fsp3) is 0.188. The van der Waals surface area contributed by atoms with E-state index in [9.17, 15) is 26.3 Å². The van der Waals surface area contributed by atoms with Gasteiger partial charge in [0.15, 0.2) is 0 Å². The van der Waals surface area contributed by atoms with Gasteiger partial charge in [-0.05, 0) is 34.9 Å². The minimum Gasteiger partial charge on any atom is -0.198 e. The van der Waals surface area contributed by atoms with E-state index >= 15 is 0 Å². The van der Waals surface area contributed by atoms with Crippen LogP contribution in [0, 0.1) is 11.3 Å². The summed E-state index contributed by atoms with van der Waals surface area (Å²) in [6.45, 7) is 0. The predicted octanol–water partition coefficient (Wildman–Crippen LogP) is 5.46. The summed E-state index contributed by atoms with van der Waals surface area (Å²) in [7, 11) is 0. The van der Waals surface area contributed by atoms with Gasteiger partial charge in [-0.1, -0.05) is 24.3 Å². The molecule has 0 fully saturated rings. The standard InChI is InChI=1S/C16H9F6N/c17-15(18,19)13-3-1-2-11(8-13)12-5-4-10(6-7-23)14(9-12)16(20,21)22/h1-5,8-9H,6H2. The molecule has 120 valence electrons. The molecule has 0 atom stereocenters. The Morgan fingerprint density at radius 1 is 0.826 bits per heavy atom. The fourth-order valence-electron chi connectivity index (χ4n) is 2.13. The quantitative estimate of drug-likeness (QED) is 0.671. The zero-order chi connectivity index (χ0) is 17.3. The van der Waals surface area contributed by atoms with Crippen molar-refractivity contribution in [3.8, 4) is 17.2 Å². The predicted molar refractivity (Wildman–Crippen MR) is 71.2 cm³/mol. The molecule has 7 heteroatoms. The van der Waals surface area contributed by atoms with Crippen molar-refractivity contribution in [1.29, 1.82) is 5.26 Å². The summed E-state index contributed by atoms with van der Waals surface area (Å²) < 4.78 is 77.2. The maximum absolute atomic E-state index is 13.0. The van der Waals surface area contributed by atoms with Crippen molar-refractivity contribution >= 4 is 0 Å². The fourth-order valence-corrected chi connectivity index (χ4v) is 2.13. The van der Waals surface area contributed by atoms with Crippen LogP contribution in [0.1, 0.15) is 16.7 Å². The molecule has 2 aromatic carbocycles. The molecular weight excluding hydrogens is 320 g/mol. The lowest BCUT2D eigenvalue weighted by molar-refractivity contribution is -0.138. The molecule has 0 heterocycles. The molecule has 0 aromatic heterocycles. The number of benzene rings is 2. The van der Waals surface area contributed by atoms with E-state index in [1.807, 2.05) is 0 Å². The van der Waals surface area contributed by atoms with Gasteiger partial charge in [0.25, 0.3) is 0 Å². The molecule has 0 bridgehead atoms. The number of rotatable bonds is 2. The van der Waals surface area contributed by atoms with Gasteiger partial charge >= 0.3 is 12.4 Å². The van der Waals surface area contributed by atoms with E-state index in [0.717, 1.165) is 30.3 Å². The molecule has 0 N–H and O–H groups in total. The van der Waals surface area contributed by atoms with Gasteiger partial charge in [-0.3, -0.25) is 0 Å². The summed E-state index contributed by atoms with van der Waals surface area (Å²) in [6.07, 6.45) is -9.70. The van der Waals surface area contributed by atoms with Crippen molar-refractivity contribution < 1.29 is 26.3 Å². The van der Waals surface area contributed by atoms with E-state index in [4.69, 9.17) is 5.26 Å². The largest absolute Gasteiger partial charge is 0.416 e. The normalized spacial score (nSPS) is 12.0. The van der Waals surface area contributed by atoms with E-state index in [0.29, 0.717) is 0 Å². The molecule has 2 rings (SSSR count). The summed E-state index contributed by atoms with van der Waals surface area (Å²) in [5, 5.41) is 8.58. The van der Waals surface area contributed by atoms with Crippen molar-refractivity contribution in [2.45, 2.75) is 18.8 Å². The average molecular weight is 329 g/mol. The summed E-state index contributed by atoms with van der Waals surface area (Å²) in [6, 6.07) is 8.86. The van der Waals surface area contributed by atoms with E-state index < -0.39 is 29.9 Å². The first-order chi connectivity index (χ1) is 10.6. The van der Waals surface area contributed by atoms with Crippen LogP contribution in [0.2, 0.25) is 0 Å². The number of nitriles is 1. The van der Waals surface area contributed by atoms with Crippen LogP contribution < -0.4 is 0 Å². The highest BCUT2D eigenvalue weighted by Gasteiger charge is 2.34. The molecule has 0 aliphatic rings. The Morgan fingerprint density at radius 2 is 1.48 bits per heavy atom. The van der Waals surface area contributed by atoms with Gasteiger partial charge in [0, 0.05) is 0 Å². The molecule has 0 aliphatic carbocycles. The Balaban J connectivity index is 2.56. The molecule has 0 saturated heterocycles. The number of halogens is 6. The van der Waals surface area contributed by atoms with E-state index in [1.54, 1.807) is 6.07 Å². The second-order valence-electron chi connectivity index (χ2n) is 4.78. The highest BCUT2D eigenvalue weighted by Crippen LogP contribution is 2.37. The van der Waals surface area contributed by atoms with Crippen molar-refractivity contribution in [3.05, 3.63) is 59.2 Å². The molecule has 0 unspecified atom stereocenters. The second-order valence-corrected chi connectivity index (χ2v) is 4.78. The summed E-state index contributed by atoms with van der Waals surface area (Å²) in [4.78, 5) is 0. The zero-order valence-electron chi connectivity index (χ0n) is 11.5. The summed E-state index contributed by atoms with van der Waals surface area (Å²) >= 11 is 0. The first-order valence-corrected chi connectivity index (χ1v) is 6.37. The van der Waals surface area contributed by atoms with Crippen molar-refractivity contribution in [2.24, 2.45) is 0 Å². The third kappa shape index (κ3) is 3.83. The van der Waals surface area contributed by atoms with Crippen LogP contribution in [0.3, 0.4) is 0 Å². The third-order valence-electron chi connectivity index (χ3n) is 3.21. The SMILES string of the molecule is N#CCc1ccc(-c2cccc(C(F)(F)F)c2)cc1C(F)(F)F. The molecule has 0 radical (unpaired) electrons. The zero-order valence-corrected chi connectivity index (χ0v) is 11.5. The second kappa shape index (κ2) is 5.95. The van der Waals surface area contributed by atoms with Crippen LogP contribution >= 0.6 is 0 Å². The summed E-state index contributed by atoms with van der Waals surface area (Å²) in [5.41, 5.74) is -2.15. The first-order valence-electron chi connectivity index (χ1n) is 6.37. The van der Waals surface area contributed by atoms with Crippen molar-refractivity contribution in [1.82, 2.24) is 0 Å². The first kappa shape index (κ1) is 16.9. The van der Waals surface area contributed by atoms with Crippen LogP contribution in [-0.2, 0) is 18.8 Å². The van der Waals surface area contributed by atoms with E-state index in [-0.39, 0.29) is 16.7 Å². The van der Waals surface area contributed by atoms with Gasteiger partial charge < -0.3 is 0 Å². The molecule has 2 aromatic rings. The average Bonchev–Trinajstić information content (AvgIpc) is 2.46. The lowest BCUT2D eigenvalue weighted by Crippen LogP contribution is -2.09. The molecule has 0 saturated carbocycles. The molecule has 0 aliphatic heterocycles.